The van der Waals surface area contributed by atoms with E-state index in [1.54, 1.807) is 0 Å². The molecule has 1 aliphatic rings. The van der Waals surface area contributed by atoms with Crippen molar-refractivity contribution in [3.8, 4) is 6.07 Å². The van der Waals surface area contributed by atoms with Gasteiger partial charge in [0.25, 0.3) is 0 Å². The lowest BCUT2D eigenvalue weighted by molar-refractivity contribution is -0.121. The molecular weight excluding hydrogens is 448 g/mol. The fourth-order valence-corrected chi connectivity index (χ4v) is 5.12. The van der Waals surface area contributed by atoms with E-state index in [0.29, 0.717) is 53.6 Å². The van der Waals surface area contributed by atoms with Gasteiger partial charge in [-0.25, -0.2) is 9.83 Å². The summed E-state index contributed by atoms with van der Waals surface area (Å²) in [7, 11) is 0. The molecule has 1 aromatic heterocycles. The molecule has 1 fully saturated rings. The van der Waals surface area contributed by atoms with Crippen LogP contribution < -0.4 is 16.0 Å². The minimum absolute atomic E-state index is 0.0298. The van der Waals surface area contributed by atoms with E-state index in [1.807, 2.05) is 49.1 Å². The van der Waals surface area contributed by atoms with E-state index in [4.69, 9.17) is 17.3 Å². The van der Waals surface area contributed by atoms with Crippen LogP contribution in [-0.2, 0) is 16.0 Å². The van der Waals surface area contributed by atoms with Gasteiger partial charge >= 0.3 is 0 Å². The number of hydrogen-bond acceptors (Lipinski definition) is 6. The summed E-state index contributed by atoms with van der Waals surface area (Å²) in [6.07, 6.45) is 2.41. The molecule has 0 bridgehead atoms. The number of nitrogens with one attached hydrogen (secondary N) is 1. The van der Waals surface area contributed by atoms with Gasteiger partial charge in [-0.1, -0.05) is 55.9 Å². The number of hydrogen-bond donors (Lipinski definition) is 2. The zero-order valence-corrected chi connectivity index (χ0v) is 20.2. The largest absolute Gasteiger partial charge is 0.368 e. The van der Waals surface area contributed by atoms with Gasteiger partial charge in [-0.15, -0.1) is 0 Å². The number of thioether (sulfide) groups is 1. The summed E-state index contributed by atoms with van der Waals surface area (Å²) in [5.74, 6) is 0.0234. The summed E-state index contributed by atoms with van der Waals surface area (Å²) in [5, 5.41) is 12.7. The number of rotatable bonds is 8. The van der Waals surface area contributed by atoms with Crippen LogP contribution in [0.4, 0.5) is 11.5 Å². The number of pyridine rings is 1. The Morgan fingerprint density at radius 3 is 2.53 bits per heavy atom. The number of benzene rings is 1. The van der Waals surface area contributed by atoms with E-state index in [2.05, 4.69) is 16.2 Å². The standard InChI is InChI=1S/C25H28N6O2S/c1-4-18-19(15-26)25(34-22(23(27)33)16-9-7-6-8-10-16)30-24(21(18)28-3)31-13-11-17(12-14-31)29-20(32)5-2/h6-10,17,22H,4-5,11-14H2,1-2H3,(H2,27,33)(H,29,32). The van der Waals surface area contributed by atoms with Gasteiger partial charge in [-0.05, 0) is 30.4 Å². The number of aromatic nitrogens is 1. The molecule has 3 N–H and O–H groups in total. The van der Waals surface area contributed by atoms with Gasteiger partial charge < -0.3 is 16.0 Å². The SMILES string of the molecule is [C-]#[N+]c1c(N2CCC(NC(=O)CC)CC2)nc(SC(C(N)=O)c2ccccc2)c(C#N)c1CC. The second kappa shape index (κ2) is 11.5. The second-order valence-corrected chi connectivity index (χ2v) is 9.11. The van der Waals surface area contributed by atoms with Crippen LogP contribution in [0.5, 0.6) is 0 Å². The summed E-state index contributed by atoms with van der Waals surface area (Å²) < 4.78 is 0. The number of carbonyl (C=O) groups is 2. The van der Waals surface area contributed by atoms with Crippen molar-refractivity contribution in [1.29, 1.82) is 5.26 Å². The molecule has 1 unspecified atom stereocenters. The smallest absolute Gasteiger partial charge is 0.235 e. The van der Waals surface area contributed by atoms with Crippen LogP contribution in [0.25, 0.3) is 4.85 Å². The fraction of sp³-hybridized carbons (Fsp3) is 0.400. The Balaban J connectivity index is 1.99. The maximum atomic E-state index is 12.3. The number of nitrogens with zero attached hydrogens (tertiary/aromatic N) is 4. The van der Waals surface area contributed by atoms with Crippen LogP contribution >= 0.6 is 11.8 Å². The predicted molar refractivity (Wildman–Crippen MR) is 132 cm³/mol. The van der Waals surface area contributed by atoms with Crippen LogP contribution in [0.2, 0.25) is 0 Å². The third-order valence-corrected chi connectivity index (χ3v) is 7.13. The number of nitriles is 1. The number of piperidine rings is 1. The van der Waals surface area contributed by atoms with Crippen molar-refractivity contribution < 1.29 is 9.59 Å². The summed E-state index contributed by atoms with van der Waals surface area (Å²) >= 11 is 1.15. The first-order valence-corrected chi connectivity index (χ1v) is 12.2. The lowest BCUT2D eigenvalue weighted by atomic mass is 10.0. The molecule has 3 rings (SSSR count). The third-order valence-electron chi connectivity index (χ3n) is 5.87. The van der Waals surface area contributed by atoms with Crippen LogP contribution in [-0.4, -0.2) is 35.9 Å². The fourth-order valence-electron chi connectivity index (χ4n) is 4.07. The summed E-state index contributed by atoms with van der Waals surface area (Å²) in [6.45, 7) is 12.8. The third kappa shape index (κ3) is 5.49. The summed E-state index contributed by atoms with van der Waals surface area (Å²) in [6, 6.07) is 11.5. The molecule has 2 heterocycles. The maximum absolute atomic E-state index is 12.3. The number of carbonyl (C=O) groups excluding carboxylic acids is 2. The van der Waals surface area contributed by atoms with Crippen molar-refractivity contribution in [1.82, 2.24) is 10.3 Å². The Morgan fingerprint density at radius 1 is 1.32 bits per heavy atom. The van der Waals surface area contributed by atoms with Crippen molar-refractivity contribution in [2.45, 2.75) is 55.8 Å². The maximum Gasteiger partial charge on any atom is 0.235 e. The number of amides is 2. The highest BCUT2D eigenvalue weighted by Crippen LogP contribution is 2.43. The normalized spacial score (nSPS) is 14.6. The van der Waals surface area contributed by atoms with Crippen molar-refractivity contribution in [2.75, 3.05) is 18.0 Å². The average Bonchev–Trinajstić information content (AvgIpc) is 2.86. The molecule has 34 heavy (non-hydrogen) atoms. The molecule has 1 aromatic carbocycles. The van der Waals surface area contributed by atoms with Crippen LogP contribution in [0.15, 0.2) is 35.4 Å². The number of nitrogens with two attached hydrogens (primary N) is 1. The van der Waals surface area contributed by atoms with Crippen molar-refractivity contribution in [2.24, 2.45) is 5.73 Å². The van der Waals surface area contributed by atoms with E-state index >= 15 is 0 Å². The van der Waals surface area contributed by atoms with E-state index in [9.17, 15) is 14.9 Å². The quantitative estimate of drug-likeness (QED) is 0.441. The minimum atomic E-state index is -0.716. The van der Waals surface area contributed by atoms with Crippen molar-refractivity contribution in [3.05, 3.63) is 58.4 Å². The number of primary amides is 1. The highest BCUT2D eigenvalue weighted by atomic mass is 32.2. The molecule has 2 amide bonds. The Morgan fingerprint density at radius 2 is 2.00 bits per heavy atom. The topological polar surface area (TPSA) is 116 Å². The van der Waals surface area contributed by atoms with E-state index in [0.717, 1.165) is 30.2 Å². The molecule has 0 saturated carbocycles. The molecule has 0 radical (unpaired) electrons. The molecule has 8 nitrogen and oxygen atoms in total. The lowest BCUT2D eigenvalue weighted by Crippen LogP contribution is -2.44. The van der Waals surface area contributed by atoms with Gasteiger partial charge in [-0.3, -0.25) is 9.59 Å². The molecule has 9 heteroatoms. The molecular formula is C25H28N6O2S. The molecule has 0 spiro atoms. The van der Waals surface area contributed by atoms with Crippen molar-refractivity contribution >= 4 is 35.1 Å². The Kier molecular flexibility index (Phi) is 8.50. The Labute approximate surface area is 204 Å². The first kappa shape index (κ1) is 25.1. The highest BCUT2D eigenvalue weighted by molar-refractivity contribution is 8.00. The zero-order valence-electron chi connectivity index (χ0n) is 19.4. The van der Waals surface area contributed by atoms with Gasteiger partial charge in [0.2, 0.25) is 17.5 Å². The van der Waals surface area contributed by atoms with Crippen LogP contribution in [0.3, 0.4) is 0 Å². The van der Waals surface area contributed by atoms with Gasteiger partial charge in [-0.2, -0.15) is 5.26 Å². The Bertz CT molecular complexity index is 1130. The Hall–Kier alpha value is -3.56. The molecule has 0 aliphatic carbocycles. The molecule has 2 aromatic rings. The zero-order chi connectivity index (χ0) is 24.7. The van der Waals surface area contributed by atoms with E-state index in [1.165, 1.54) is 0 Å². The van der Waals surface area contributed by atoms with Crippen molar-refractivity contribution in [3.63, 3.8) is 0 Å². The molecule has 1 saturated heterocycles. The van der Waals surface area contributed by atoms with Crippen LogP contribution in [0, 0.1) is 17.9 Å². The molecule has 176 valence electrons. The number of anilines is 1. The lowest BCUT2D eigenvalue weighted by Gasteiger charge is -2.34. The van der Waals surface area contributed by atoms with E-state index < -0.39 is 11.2 Å². The summed E-state index contributed by atoms with van der Waals surface area (Å²) in [4.78, 5) is 34.6. The minimum Gasteiger partial charge on any atom is -0.368 e. The average molecular weight is 477 g/mol. The van der Waals surface area contributed by atoms with Gasteiger partial charge in [0.1, 0.15) is 22.2 Å². The van der Waals surface area contributed by atoms with Gasteiger partial charge in [0.05, 0.1) is 12.1 Å². The first-order chi connectivity index (χ1) is 16.4. The monoisotopic (exact) mass is 476 g/mol. The highest BCUT2D eigenvalue weighted by Gasteiger charge is 2.29. The second-order valence-electron chi connectivity index (χ2n) is 8.01. The van der Waals surface area contributed by atoms with Gasteiger partial charge in [0.15, 0.2) is 0 Å². The van der Waals surface area contributed by atoms with Crippen LogP contribution in [0.1, 0.15) is 55.1 Å². The predicted octanol–water partition coefficient (Wildman–Crippen LogP) is 3.88. The first-order valence-electron chi connectivity index (χ1n) is 11.3. The van der Waals surface area contributed by atoms with Gasteiger partial charge in [0, 0.05) is 25.6 Å². The molecule has 1 atom stereocenters. The summed E-state index contributed by atoms with van der Waals surface area (Å²) in [5.41, 5.74) is 7.76. The van der Waals surface area contributed by atoms with E-state index in [-0.39, 0.29) is 11.9 Å². The molecule has 1 aliphatic heterocycles.